The molecule has 0 atom stereocenters. The lowest BCUT2D eigenvalue weighted by atomic mass is 10.2. The monoisotopic (exact) mass is 945 g/mol. The molecule has 0 unspecified atom stereocenters. The number of hydrogen-bond donors (Lipinski definition) is 1. The van der Waals surface area contributed by atoms with Crippen molar-refractivity contribution in [2.75, 3.05) is 0 Å². The van der Waals surface area contributed by atoms with Crippen LogP contribution >= 0.6 is 175 Å². The summed E-state index contributed by atoms with van der Waals surface area (Å²) in [6.45, 7) is 0. The Kier molecular flexibility index (Phi) is 9.17. The van der Waals surface area contributed by atoms with Crippen molar-refractivity contribution >= 4 is 175 Å². The molecule has 0 aromatic carbocycles. The van der Waals surface area contributed by atoms with Crippen molar-refractivity contribution in [3.8, 4) is 0 Å². The van der Waals surface area contributed by atoms with E-state index in [1.54, 1.807) is 0 Å². The van der Waals surface area contributed by atoms with Crippen LogP contribution in [0.1, 0.15) is 0 Å². The highest BCUT2D eigenvalue weighted by Crippen LogP contribution is 2.69. The van der Waals surface area contributed by atoms with Crippen molar-refractivity contribution in [3.63, 3.8) is 0 Å². The summed E-state index contributed by atoms with van der Waals surface area (Å²) in [7, 11) is 0. The molecule has 0 aliphatic rings. The predicted molar refractivity (Wildman–Crippen MR) is 114 cm³/mol. The summed E-state index contributed by atoms with van der Waals surface area (Å²) < 4.78 is -5.35. The van der Waals surface area contributed by atoms with Crippen LogP contribution < -0.4 is 0 Å². The van der Waals surface area contributed by atoms with Crippen LogP contribution in [-0.4, -0.2) is 20.4 Å². The summed E-state index contributed by atoms with van der Waals surface area (Å²) >= 11 is 37.1. The van der Waals surface area contributed by atoms with Gasteiger partial charge in [0.1, 0.15) is 0 Å². The van der Waals surface area contributed by atoms with Crippen LogP contribution in [0.5, 0.6) is 0 Å². The largest absolute Gasteiger partial charge is 0.374 e. The number of hydrogen-bond acceptors (Lipinski definition) is 1. The molecule has 0 fully saturated rings. The number of aliphatic hydroxyl groups is 1. The van der Waals surface area contributed by atoms with Gasteiger partial charge in [-0.25, -0.2) is 0 Å². The minimum absolute atomic E-state index is 0.844. The second-order valence-electron chi connectivity index (χ2n) is 2.77. The standard InChI is InChI=1S/C5HBr11O/c6-1(7,4(11,12)13)3(10,17)2(8,9)5(14,15)16/h17H. The van der Waals surface area contributed by atoms with E-state index in [9.17, 15) is 5.11 Å². The van der Waals surface area contributed by atoms with E-state index in [1.165, 1.54) is 0 Å². The maximum absolute atomic E-state index is 10.8. The molecule has 1 nitrogen and oxygen atoms in total. The quantitative estimate of drug-likeness (QED) is 0.282. The van der Waals surface area contributed by atoms with E-state index in [0.717, 1.165) is 0 Å². The topological polar surface area (TPSA) is 20.2 Å². The third kappa shape index (κ3) is 4.62. The van der Waals surface area contributed by atoms with Gasteiger partial charge in [0.2, 0.25) is 0 Å². The van der Waals surface area contributed by atoms with Crippen molar-refractivity contribution in [1.29, 1.82) is 0 Å². The van der Waals surface area contributed by atoms with E-state index in [4.69, 9.17) is 0 Å². The van der Waals surface area contributed by atoms with Gasteiger partial charge >= 0.3 is 0 Å². The molecular formula is C5HBr11O. The Hall–Kier alpha value is 5.24. The minimum Gasteiger partial charge on any atom is -0.374 e. The highest BCUT2D eigenvalue weighted by Gasteiger charge is 2.69. The number of rotatable bonds is 2. The molecule has 0 aromatic heterocycles. The first kappa shape index (κ1) is 22.2. The second-order valence-corrected chi connectivity index (χ2v) is 24.3. The van der Waals surface area contributed by atoms with Gasteiger partial charge in [-0.1, -0.05) is 159 Å². The van der Waals surface area contributed by atoms with Crippen molar-refractivity contribution in [2.45, 2.75) is 15.3 Å². The lowest BCUT2D eigenvalue weighted by Crippen LogP contribution is -2.61. The van der Waals surface area contributed by atoms with Crippen LogP contribution in [0, 0.1) is 0 Å². The molecule has 0 radical (unpaired) electrons. The van der Waals surface area contributed by atoms with Gasteiger partial charge in [0.05, 0.1) is 0 Å². The Morgan fingerprint density at radius 3 is 0.765 bits per heavy atom. The molecule has 0 aromatic rings. The Morgan fingerprint density at radius 1 is 0.471 bits per heavy atom. The van der Waals surface area contributed by atoms with Crippen molar-refractivity contribution < 1.29 is 5.11 Å². The summed E-state index contributed by atoms with van der Waals surface area (Å²) in [5.74, 6) is 0. The van der Waals surface area contributed by atoms with Gasteiger partial charge in [0.25, 0.3) is 0 Å². The molecule has 0 saturated carbocycles. The normalized spacial score (nSPS) is 16.2. The average molecular weight is 956 g/mol. The SMILES string of the molecule is OC(Br)(C(Br)(Br)C(Br)(Br)Br)C(Br)(Br)C(Br)(Br)Br. The third-order valence-corrected chi connectivity index (χ3v) is 19.5. The van der Waals surface area contributed by atoms with Crippen LogP contribution in [0.2, 0.25) is 0 Å². The lowest BCUT2D eigenvalue weighted by Gasteiger charge is -2.49. The molecule has 12 heteroatoms. The molecule has 0 amide bonds. The summed E-state index contributed by atoms with van der Waals surface area (Å²) in [5.41, 5.74) is 0. The van der Waals surface area contributed by atoms with E-state index >= 15 is 0 Å². The zero-order valence-corrected chi connectivity index (χ0v) is 24.6. The van der Waals surface area contributed by atoms with Crippen LogP contribution in [-0.2, 0) is 0 Å². The van der Waals surface area contributed by atoms with Gasteiger partial charge in [-0.2, -0.15) is 0 Å². The molecule has 104 valence electrons. The Balaban J connectivity index is 5.73. The molecule has 1 N–H and O–H groups in total. The minimum atomic E-state index is -1.54. The zero-order chi connectivity index (χ0) is 14.5. The van der Waals surface area contributed by atoms with E-state index < -0.39 is 15.3 Å². The van der Waals surface area contributed by atoms with Crippen LogP contribution in [0.4, 0.5) is 0 Å². The van der Waals surface area contributed by atoms with Crippen molar-refractivity contribution in [2.24, 2.45) is 0 Å². The van der Waals surface area contributed by atoms with Gasteiger partial charge in [-0.3, -0.25) is 0 Å². The molecule has 0 heterocycles. The third-order valence-electron chi connectivity index (χ3n) is 1.54. The first-order valence-electron chi connectivity index (χ1n) is 3.30. The van der Waals surface area contributed by atoms with Crippen molar-refractivity contribution in [1.82, 2.24) is 0 Å². The smallest absolute Gasteiger partial charge is 0.175 e. The van der Waals surface area contributed by atoms with Crippen LogP contribution in [0.25, 0.3) is 0 Å². The fraction of sp³-hybridized carbons (Fsp3) is 1.00. The summed E-state index contributed by atoms with van der Waals surface area (Å²) in [4.78, 5) is 0. The highest BCUT2D eigenvalue weighted by atomic mass is 80.0. The molecular weight excluding hydrogens is 955 g/mol. The van der Waals surface area contributed by atoms with Crippen molar-refractivity contribution in [3.05, 3.63) is 0 Å². The summed E-state index contributed by atoms with van der Waals surface area (Å²) in [5, 5.41) is 10.8. The number of halogens is 11. The number of alkyl halides is 11. The molecule has 0 rings (SSSR count). The average Bonchev–Trinajstić information content (AvgIpc) is 1.98. The Labute approximate surface area is 192 Å². The first-order chi connectivity index (χ1) is 7.00. The molecule has 0 aliphatic carbocycles. The fourth-order valence-electron chi connectivity index (χ4n) is 0.573. The van der Waals surface area contributed by atoms with Gasteiger partial charge < -0.3 is 5.11 Å². The summed E-state index contributed by atoms with van der Waals surface area (Å²) in [6.07, 6.45) is 0. The molecule has 17 heavy (non-hydrogen) atoms. The van der Waals surface area contributed by atoms with Gasteiger partial charge in [0.15, 0.2) is 15.3 Å². The maximum Gasteiger partial charge on any atom is 0.175 e. The van der Waals surface area contributed by atoms with E-state index in [-0.39, 0.29) is 0 Å². The van der Waals surface area contributed by atoms with Crippen LogP contribution in [0.15, 0.2) is 0 Å². The van der Waals surface area contributed by atoms with E-state index in [1.807, 2.05) is 0 Å². The molecule has 0 saturated heterocycles. The first-order valence-corrected chi connectivity index (χ1v) is 12.0. The Bertz CT molecular complexity index is 255. The zero-order valence-electron chi connectivity index (χ0n) is 7.10. The summed E-state index contributed by atoms with van der Waals surface area (Å²) in [6, 6.07) is 0. The van der Waals surface area contributed by atoms with Gasteiger partial charge in [0, 0.05) is 0 Å². The van der Waals surface area contributed by atoms with Crippen LogP contribution in [0.3, 0.4) is 0 Å². The maximum atomic E-state index is 10.8. The molecule has 0 bridgehead atoms. The lowest BCUT2D eigenvalue weighted by molar-refractivity contribution is 0.134. The molecule has 0 aliphatic heterocycles. The Morgan fingerprint density at radius 2 is 0.647 bits per heavy atom. The predicted octanol–water partition coefficient (Wildman–Crippen LogP) is 7.72. The highest BCUT2D eigenvalue weighted by molar-refractivity contribution is 9.42. The van der Waals surface area contributed by atoms with E-state index in [0.29, 0.717) is 0 Å². The van der Waals surface area contributed by atoms with Gasteiger partial charge in [-0.15, -0.1) is 0 Å². The van der Waals surface area contributed by atoms with Gasteiger partial charge in [-0.05, 0) is 15.9 Å². The van der Waals surface area contributed by atoms with E-state index in [2.05, 4.69) is 175 Å². The fourth-order valence-corrected chi connectivity index (χ4v) is 6.74. The second kappa shape index (κ2) is 7.01. The molecule has 0 spiro atoms.